The number of nitrogens with zero attached hydrogens (tertiary/aromatic N) is 2. The number of nitriles is 1. The molecule has 0 unspecified atom stereocenters. The second-order valence-electron chi connectivity index (χ2n) is 1.76. The van der Waals surface area contributed by atoms with E-state index in [1.165, 1.54) is 13.0 Å². The molecule has 0 saturated heterocycles. The van der Waals surface area contributed by atoms with E-state index in [1.54, 1.807) is 11.5 Å². The molecule has 0 spiro atoms. The first-order valence-corrected chi connectivity index (χ1v) is 3.06. The molecular weight excluding hydrogens is 162 g/mol. The number of hydrogen-bond donors (Lipinski definition) is 1. The molecule has 0 fully saturated rings. The molecule has 0 aromatic carbocycles. The van der Waals surface area contributed by atoms with Crippen molar-refractivity contribution in [2.75, 3.05) is 7.05 Å². The van der Waals surface area contributed by atoms with Crippen LogP contribution in [0.25, 0.3) is 0 Å². The Morgan fingerprint density at radius 2 is 2.33 bits per heavy atom. The molecule has 0 aromatic heterocycles. The van der Waals surface area contributed by atoms with Crippen molar-refractivity contribution in [3.05, 3.63) is 16.7 Å². The Morgan fingerprint density at radius 1 is 1.75 bits per heavy atom. The lowest BCUT2D eigenvalue weighted by Gasteiger charge is -1.95. The van der Waals surface area contributed by atoms with Gasteiger partial charge in [-0.25, -0.2) is 4.79 Å². The minimum Gasteiger partial charge on any atom is -0.396 e. The van der Waals surface area contributed by atoms with Gasteiger partial charge in [0, 0.05) is 0 Å². The molecule has 0 bridgehead atoms. The number of ether oxygens (including phenoxy) is 1. The molecular formula is C6H8N3O3+. The summed E-state index contributed by atoms with van der Waals surface area (Å²) in [5.41, 5.74) is 1.77. The molecule has 0 atom stereocenters. The van der Waals surface area contributed by atoms with Crippen LogP contribution < -0.4 is 5.43 Å². The Hall–Kier alpha value is -1.90. The monoisotopic (exact) mass is 170 g/mol. The summed E-state index contributed by atoms with van der Waals surface area (Å²) in [7, 11) is 1.09. The van der Waals surface area contributed by atoms with E-state index < -0.39 is 6.09 Å². The van der Waals surface area contributed by atoms with Gasteiger partial charge in [0.05, 0.1) is 4.91 Å². The second-order valence-corrected chi connectivity index (χ2v) is 1.76. The molecule has 0 aliphatic carbocycles. The van der Waals surface area contributed by atoms with Crippen molar-refractivity contribution in [3.8, 4) is 6.07 Å². The van der Waals surface area contributed by atoms with Crippen LogP contribution in [0.15, 0.2) is 11.8 Å². The highest BCUT2D eigenvalue weighted by Crippen LogP contribution is 1.93. The van der Waals surface area contributed by atoms with E-state index in [4.69, 9.17) is 5.26 Å². The highest BCUT2D eigenvalue weighted by Gasteiger charge is 2.10. The van der Waals surface area contributed by atoms with Crippen LogP contribution in [0.4, 0.5) is 4.79 Å². The summed E-state index contributed by atoms with van der Waals surface area (Å²) in [6.45, 7) is 1.53. The van der Waals surface area contributed by atoms with E-state index in [0.717, 1.165) is 7.05 Å². The maximum absolute atomic E-state index is 10.6. The van der Waals surface area contributed by atoms with Gasteiger partial charge in [-0.2, -0.15) is 5.26 Å². The van der Waals surface area contributed by atoms with Gasteiger partial charge in [0.25, 0.3) is 0 Å². The first kappa shape index (κ1) is 10.1. The van der Waals surface area contributed by atoms with Gasteiger partial charge in [0.2, 0.25) is 12.8 Å². The third-order valence-corrected chi connectivity index (χ3v) is 0.824. The van der Waals surface area contributed by atoms with Crippen LogP contribution in [-0.4, -0.2) is 18.0 Å². The molecule has 1 amide bonds. The zero-order valence-corrected chi connectivity index (χ0v) is 6.70. The predicted octanol–water partition coefficient (Wildman–Crippen LogP) is 0.464. The van der Waals surface area contributed by atoms with Crippen molar-refractivity contribution in [2.45, 2.75) is 6.92 Å². The lowest BCUT2D eigenvalue weighted by atomic mass is 10.5. The number of nitroso groups, excluding NO2 is 1. The summed E-state index contributed by atoms with van der Waals surface area (Å²) >= 11 is 0. The van der Waals surface area contributed by atoms with E-state index in [2.05, 4.69) is 4.74 Å². The Morgan fingerprint density at radius 3 is 2.67 bits per heavy atom. The van der Waals surface area contributed by atoms with Crippen molar-refractivity contribution in [2.24, 2.45) is 0 Å². The fourth-order valence-electron chi connectivity index (χ4n) is 0.398. The Labute approximate surface area is 69.0 Å². The minimum absolute atomic E-state index is 0.158. The SMILES string of the molecule is C/C=C(/C#N)OC(=O)N[N+](C)=O. The molecule has 6 nitrogen and oxygen atoms in total. The van der Waals surface area contributed by atoms with Gasteiger partial charge < -0.3 is 4.74 Å². The van der Waals surface area contributed by atoms with E-state index in [0.29, 0.717) is 0 Å². The Bertz CT molecular complexity index is 264. The van der Waals surface area contributed by atoms with Gasteiger partial charge in [-0.05, 0) is 18.4 Å². The molecule has 0 saturated carbocycles. The average molecular weight is 170 g/mol. The van der Waals surface area contributed by atoms with Gasteiger partial charge in [-0.3, -0.25) is 0 Å². The first-order valence-electron chi connectivity index (χ1n) is 3.06. The van der Waals surface area contributed by atoms with Crippen molar-refractivity contribution >= 4 is 6.09 Å². The first-order chi connectivity index (χ1) is 5.60. The standard InChI is InChI=1S/C6H7N3O3/c1-3-5(4-7)12-6(10)8-9(2)11/h3H,1-2H3/p+1/b5-3-. The van der Waals surface area contributed by atoms with Crippen molar-refractivity contribution in [3.63, 3.8) is 0 Å². The summed E-state index contributed by atoms with van der Waals surface area (Å²) in [4.78, 5) is 21.0. The summed E-state index contributed by atoms with van der Waals surface area (Å²) in [5, 5.41) is 8.29. The number of rotatable bonds is 2. The number of hydrogen-bond acceptors (Lipinski definition) is 4. The van der Waals surface area contributed by atoms with Crippen LogP contribution in [0.2, 0.25) is 0 Å². The van der Waals surface area contributed by atoms with Crippen molar-refractivity contribution in [1.82, 2.24) is 5.43 Å². The second kappa shape index (κ2) is 4.85. The van der Waals surface area contributed by atoms with E-state index >= 15 is 0 Å². The van der Waals surface area contributed by atoms with Gasteiger partial charge >= 0.3 is 6.09 Å². The molecule has 0 aromatic rings. The maximum atomic E-state index is 10.6. The summed E-state index contributed by atoms with van der Waals surface area (Å²) in [6.07, 6.45) is 0.326. The van der Waals surface area contributed by atoms with Crippen LogP contribution in [0.3, 0.4) is 0 Å². The highest BCUT2D eigenvalue weighted by atomic mass is 16.6. The highest BCUT2D eigenvalue weighted by molar-refractivity contribution is 5.67. The van der Waals surface area contributed by atoms with Gasteiger partial charge in [0.1, 0.15) is 10.9 Å². The van der Waals surface area contributed by atoms with Gasteiger partial charge in [0.15, 0.2) is 0 Å². The quantitative estimate of drug-likeness (QED) is 0.282. The fraction of sp³-hybridized carbons (Fsp3) is 0.333. The van der Waals surface area contributed by atoms with Crippen LogP contribution in [0, 0.1) is 16.2 Å². The van der Waals surface area contributed by atoms with Gasteiger partial charge in [-0.1, -0.05) is 0 Å². The topological polar surface area (TPSA) is 82.2 Å². The van der Waals surface area contributed by atoms with Crippen LogP contribution >= 0.6 is 0 Å². The number of amides is 1. The number of allylic oxidation sites excluding steroid dienone is 2. The zero-order valence-electron chi connectivity index (χ0n) is 6.70. The van der Waals surface area contributed by atoms with E-state index in [-0.39, 0.29) is 10.6 Å². The summed E-state index contributed by atoms with van der Waals surface area (Å²) < 4.78 is 4.37. The van der Waals surface area contributed by atoms with Crippen LogP contribution in [0.1, 0.15) is 6.92 Å². The third kappa shape index (κ3) is 4.00. The number of hydrazine groups is 1. The molecule has 0 heterocycles. The minimum atomic E-state index is -0.984. The molecule has 1 N–H and O–H groups in total. The maximum Gasteiger partial charge on any atom is 0.470 e. The third-order valence-electron chi connectivity index (χ3n) is 0.824. The molecule has 0 aliphatic heterocycles. The normalized spacial score (nSPS) is 9.92. The lowest BCUT2D eigenvalue weighted by molar-refractivity contribution is -0.566. The smallest absolute Gasteiger partial charge is 0.396 e. The van der Waals surface area contributed by atoms with Gasteiger partial charge in [-0.15, -0.1) is 0 Å². The van der Waals surface area contributed by atoms with E-state index in [1.807, 2.05) is 0 Å². The molecule has 0 rings (SSSR count). The zero-order chi connectivity index (χ0) is 9.56. The van der Waals surface area contributed by atoms with Crippen molar-refractivity contribution in [1.29, 1.82) is 5.26 Å². The largest absolute Gasteiger partial charge is 0.470 e. The average Bonchev–Trinajstić information content (AvgIpc) is 1.98. The Balaban J connectivity index is 4.03. The van der Waals surface area contributed by atoms with E-state index in [9.17, 15) is 9.70 Å². The summed E-state index contributed by atoms with van der Waals surface area (Å²) in [5.74, 6) is -0.158. The van der Waals surface area contributed by atoms with Crippen LogP contribution in [-0.2, 0) is 4.74 Å². The molecule has 12 heavy (non-hydrogen) atoms. The molecule has 0 aliphatic rings. The Kier molecular flexibility index (Phi) is 4.08. The molecule has 64 valence electrons. The number of carbonyl (C=O) groups excluding carboxylic acids is 1. The molecule has 6 heteroatoms. The lowest BCUT2D eigenvalue weighted by Crippen LogP contribution is -2.30. The fourth-order valence-corrected chi connectivity index (χ4v) is 0.398. The number of carbonyl (C=O) groups is 1. The predicted molar refractivity (Wildman–Crippen MR) is 38.5 cm³/mol. The number of nitrogens with one attached hydrogen (secondary N) is 1. The van der Waals surface area contributed by atoms with Crippen LogP contribution in [0.5, 0.6) is 0 Å². The van der Waals surface area contributed by atoms with Crippen molar-refractivity contribution < 1.29 is 14.4 Å². The summed E-state index contributed by atoms with van der Waals surface area (Å²) in [6, 6.07) is 1.61. The molecule has 0 radical (unpaired) electrons.